The van der Waals surface area contributed by atoms with E-state index in [1.807, 2.05) is 0 Å². The van der Waals surface area contributed by atoms with Gasteiger partial charge in [-0.2, -0.15) is 0 Å². The van der Waals surface area contributed by atoms with Gasteiger partial charge in [-0.1, -0.05) is 11.6 Å². The molecule has 1 fully saturated rings. The molecule has 0 heterocycles. The lowest BCUT2D eigenvalue weighted by Crippen LogP contribution is -2.14. The smallest absolute Gasteiger partial charge is 0.337 e. The SMILES string of the molecule is COC(=O)c1ccc(Cl)c(NC(=O)c2ccc(OC3CCCC3)cc2)c1. The molecule has 0 atom stereocenters. The van der Waals surface area contributed by atoms with Gasteiger partial charge in [0, 0.05) is 5.56 Å². The summed E-state index contributed by atoms with van der Waals surface area (Å²) in [5.41, 5.74) is 1.14. The number of ether oxygens (including phenoxy) is 2. The van der Waals surface area contributed by atoms with Gasteiger partial charge in [0.25, 0.3) is 5.91 Å². The van der Waals surface area contributed by atoms with Crippen molar-refractivity contribution in [3.8, 4) is 5.75 Å². The average molecular weight is 374 g/mol. The lowest BCUT2D eigenvalue weighted by Gasteiger charge is -2.13. The van der Waals surface area contributed by atoms with Crippen molar-refractivity contribution in [1.82, 2.24) is 0 Å². The summed E-state index contributed by atoms with van der Waals surface area (Å²) in [7, 11) is 1.30. The number of methoxy groups -OCH3 is 1. The Hall–Kier alpha value is -2.53. The fraction of sp³-hybridized carbons (Fsp3) is 0.300. The van der Waals surface area contributed by atoms with Crippen LogP contribution in [0.3, 0.4) is 0 Å². The first-order chi connectivity index (χ1) is 12.6. The van der Waals surface area contributed by atoms with Crippen LogP contribution in [0.4, 0.5) is 5.69 Å². The van der Waals surface area contributed by atoms with E-state index in [9.17, 15) is 9.59 Å². The second kappa shape index (κ2) is 8.23. The Kier molecular flexibility index (Phi) is 5.78. The zero-order valence-corrected chi connectivity index (χ0v) is 15.2. The van der Waals surface area contributed by atoms with E-state index in [1.165, 1.54) is 26.0 Å². The Morgan fingerprint density at radius 2 is 1.69 bits per heavy atom. The van der Waals surface area contributed by atoms with Gasteiger partial charge in [-0.15, -0.1) is 0 Å². The van der Waals surface area contributed by atoms with Crippen molar-refractivity contribution in [3.05, 3.63) is 58.6 Å². The topological polar surface area (TPSA) is 64.6 Å². The van der Waals surface area contributed by atoms with Gasteiger partial charge in [0.05, 0.1) is 29.5 Å². The molecule has 1 amide bonds. The summed E-state index contributed by atoms with van der Waals surface area (Å²) in [6.07, 6.45) is 4.84. The molecule has 0 aromatic heterocycles. The van der Waals surface area contributed by atoms with Gasteiger partial charge in [0.2, 0.25) is 0 Å². The van der Waals surface area contributed by atoms with Crippen LogP contribution < -0.4 is 10.1 Å². The largest absolute Gasteiger partial charge is 0.490 e. The summed E-state index contributed by atoms with van der Waals surface area (Å²) in [6, 6.07) is 11.6. The van der Waals surface area contributed by atoms with Crippen LogP contribution in [0.5, 0.6) is 5.75 Å². The van der Waals surface area contributed by atoms with E-state index in [0.717, 1.165) is 18.6 Å². The number of nitrogens with one attached hydrogen (secondary N) is 1. The Labute approximate surface area is 157 Å². The highest BCUT2D eigenvalue weighted by atomic mass is 35.5. The maximum Gasteiger partial charge on any atom is 0.337 e. The van der Waals surface area contributed by atoms with Crippen LogP contribution in [0.15, 0.2) is 42.5 Å². The van der Waals surface area contributed by atoms with Gasteiger partial charge in [0.1, 0.15) is 5.75 Å². The Morgan fingerprint density at radius 1 is 1.04 bits per heavy atom. The molecular formula is C20H20ClNO4. The first kappa shape index (κ1) is 18.3. The summed E-state index contributed by atoms with van der Waals surface area (Å²) in [6.45, 7) is 0. The van der Waals surface area contributed by atoms with Crippen LogP contribution in [-0.2, 0) is 4.74 Å². The van der Waals surface area contributed by atoms with Gasteiger partial charge < -0.3 is 14.8 Å². The summed E-state index contributed by atoms with van der Waals surface area (Å²) in [5.74, 6) is -0.0499. The third kappa shape index (κ3) is 4.35. The molecule has 5 nitrogen and oxygen atoms in total. The van der Waals surface area contributed by atoms with E-state index < -0.39 is 5.97 Å². The highest BCUT2D eigenvalue weighted by molar-refractivity contribution is 6.34. The zero-order valence-electron chi connectivity index (χ0n) is 14.5. The minimum atomic E-state index is -0.495. The zero-order chi connectivity index (χ0) is 18.5. The first-order valence-electron chi connectivity index (χ1n) is 8.53. The molecule has 26 heavy (non-hydrogen) atoms. The van der Waals surface area contributed by atoms with Gasteiger partial charge in [-0.3, -0.25) is 4.79 Å². The fourth-order valence-electron chi connectivity index (χ4n) is 2.94. The Morgan fingerprint density at radius 3 is 2.35 bits per heavy atom. The lowest BCUT2D eigenvalue weighted by molar-refractivity contribution is 0.0600. The number of carbonyl (C=O) groups excluding carboxylic acids is 2. The molecule has 0 radical (unpaired) electrons. The summed E-state index contributed by atoms with van der Waals surface area (Å²) in [4.78, 5) is 24.1. The molecule has 0 saturated heterocycles. The van der Waals surface area contributed by atoms with Crippen molar-refractivity contribution in [2.75, 3.05) is 12.4 Å². The maximum absolute atomic E-state index is 12.4. The van der Waals surface area contributed by atoms with E-state index in [4.69, 9.17) is 16.3 Å². The maximum atomic E-state index is 12.4. The molecule has 0 aliphatic heterocycles. The number of amides is 1. The second-order valence-electron chi connectivity index (χ2n) is 6.19. The number of carbonyl (C=O) groups is 2. The monoisotopic (exact) mass is 373 g/mol. The van der Waals surface area contributed by atoms with Gasteiger partial charge in [0.15, 0.2) is 0 Å². The summed E-state index contributed by atoms with van der Waals surface area (Å²) in [5, 5.41) is 3.06. The highest BCUT2D eigenvalue weighted by Crippen LogP contribution is 2.26. The van der Waals surface area contributed by atoms with Crippen LogP contribution >= 0.6 is 11.6 Å². The number of halogens is 1. The molecule has 1 aliphatic rings. The lowest BCUT2D eigenvalue weighted by atomic mass is 10.1. The van der Waals surface area contributed by atoms with Crippen LogP contribution in [0.1, 0.15) is 46.4 Å². The van der Waals surface area contributed by atoms with E-state index in [0.29, 0.717) is 21.8 Å². The normalized spacial score (nSPS) is 14.1. The minimum Gasteiger partial charge on any atom is -0.490 e. The molecule has 2 aromatic rings. The number of rotatable bonds is 5. The number of hydrogen-bond acceptors (Lipinski definition) is 4. The molecule has 1 saturated carbocycles. The summed E-state index contributed by atoms with van der Waals surface area (Å²) < 4.78 is 10.6. The minimum absolute atomic E-state index is 0.273. The molecule has 2 aromatic carbocycles. The third-order valence-electron chi connectivity index (χ3n) is 4.36. The molecule has 1 aliphatic carbocycles. The molecule has 6 heteroatoms. The molecule has 0 spiro atoms. The van der Waals surface area contributed by atoms with Crippen LogP contribution in [0.2, 0.25) is 5.02 Å². The molecule has 3 rings (SSSR count). The number of hydrogen-bond donors (Lipinski definition) is 1. The van der Waals surface area contributed by atoms with Crippen molar-refractivity contribution in [1.29, 1.82) is 0 Å². The predicted octanol–water partition coefficient (Wildman–Crippen LogP) is 4.70. The van der Waals surface area contributed by atoms with Crippen molar-refractivity contribution in [3.63, 3.8) is 0 Å². The molecule has 136 valence electrons. The first-order valence-corrected chi connectivity index (χ1v) is 8.90. The Balaban J connectivity index is 1.68. The van der Waals surface area contributed by atoms with Crippen molar-refractivity contribution in [2.24, 2.45) is 0 Å². The van der Waals surface area contributed by atoms with Gasteiger partial charge >= 0.3 is 5.97 Å². The standard InChI is InChI=1S/C20H20ClNO4/c1-25-20(24)14-8-11-17(21)18(12-14)22-19(23)13-6-9-16(10-7-13)26-15-4-2-3-5-15/h6-12,15H,2-5H2,1H3,(H,22,23). The molecule has 0 unspecified atom stereocenters. The second-order valence-corrected chi connectivity index (χ2v) is 6.60. The molecular weight excluding hydrogens is 354 g/mol. The fourth-order valence-corrected chi connectivity index (χ4v) is 3.11. The van der Waals surface area contributed by atoms with Crippen molar-refractivity contribution >= 4 is 29.2 Å². The van der Waals surface area contributed by atoms with Gasteiger partial charge in [-0.05, 0) is 68.1 Å². The highest BCUT2D eigenvalue weighted by Gasteiger charge is 2.17. The van der Waals surface area contributed by atoms with Crippen LogP contribution in [-0.4, -0.2) is 25.1 Å². The predicted molar refractivity (Wildman–Crippen MR) is 100 cm³/mol. The van der Waals surface area contributed by atoms with E-state index in [2.05, 4.69) is 10.1 Å². The quantitative estimate of drug-likeness (QED) is 0.771. The molecule has 0 bridgehead atoms. The van der Waals surface area contributed by atoms with E-state index in [1.54, 1.807) is 36.4 Å². The molecule has 1 N–H and O–H groups in total. The number of anilines is 1. The van der Waals surface area contributed by atoms with Crippen molar-refractivity contribution in [2.45, 2.75) is 31.8 Å². The van der Waals surface area contributed by atoms with Crippen LogP contribution in [0.25, 0.3) is 0 Å². The number of esters is 1. The Bertz CT molecular complexity index is 798. The van der Waals surface area contributed by atoms with E-state index >= 15 is 0 Å². The third-order valence-corrected chi connectivity index (χ3v) is 4.69. The van der Waals surface area contributed by atoms with E-state index in [-0.39, 0.29) is 12.0 Å². The summed E-state index contributed by atoms with van der Waals surface area (Å²) >= 11 is 6.11. The number of benzene rings is 2. The van der Waals surface area contributed by atoms with Crippen molar-refractivity contribution < 1.29 is 19.1 Å². The average Bonchev–Trinajstić information content (AvgIpc) is 3.16. The van der Waals surface area contributed by atoms with Gasteiger partial charge in [-0.25, -0.2) is 4.79 Å². The van der Waals surface area contributed by atoms with Crippen LogP contribution in [0, 0.1) is 0 Å².